The van der Waals surface area contributed by atoms with E-state index in [-0.39, 0.29) is 17.7 Å². The number of hydrogen-bond acceptors (Lipinski definition) is 4. The molecule has 0 amide bonds. The first-order valence-electron chi connectivity index (χ1n) is 3.38. The molecule has 0 aliphatic rings. The molecule has 1 aromatic heterocycles. The van der Waals surface area contributed by atoms with Crippen LogP contribution in [0.2, 0.25) is 0 Å². The molecule has 0 fully saturated rings. The van der Waals surface area contributed by atoms with Crippen LogP contribution in [0.5, 0.6) is 0 Å². The fraction of sp³-hybridized carbons (Fsp3) is 0.143. The van der Waals surface area contributed by atoms with E-state index in [2.05, 4.69) is 0 Å². The quantitative estimate of drug-likeness (QED) is 0.282. The number of nitrogens with zero attached hydrogens (tertiary/aromatic N) is 3. The molecule has 0 N–H and O–H groups in total. The Kier molecular flexibility index (Phi) is 2.40. The van der Waals surface area contributed by atoms with Crippen LogP contribution in [0.1, 0.15) is 5.56 Å². The maximum Gasteiger partial charge on any atom is 0.285 e. The third kappa shape index (κ3) is 1.90. The fourth-order valence-corrected chi connectivity index (χ4v) is 0.913. The predicted molar refractivity (Wildman–Crippen MR) is 41.4 cm³/mol. The first kappa shape index (κ1) is 8.93. The first-order chi connectivity index (χ1) is 6.15. The Morgan fingerprint density at radius 2 is 2.38 bits per heavy atom. The van der Waals surface area contributed by atoms with Gasteiger partial charge in [-0.1, -0.05) is 0 Å². The molecule has 6 heteroatoms. The van der Waals surface area contributed by atoms with Crippen LogP contribution < -0.4 is 4.73 Å². The first-order valence-corrected chi connectivity index (χ1v) is 3.38. The molecule has 0 spiro atoms. The predicted octanol–water partition coefficient (Wildman–Crippen LogP) is 0.294. The molecular weight excluding hydrogens is 174 g/mol. The van der Waals surface area contributed by atoms with Gasteiger partial charge in [-0.3, -0.25) is 10.1 Å². The topological polar surface area (TPSA) is 93.9 Å². The molecule has 1 heterocycles. The lowest BCUT2D eigenvalue weighted by Gasteiger charge is -1.98. The van der Waals surface area contributed by atoms with Gasteiger partial charge in [-0.05, 0) is 0 Å². The average Bonchev–Trinajstić information content (AvgIpc) is 2.04. The van der Waals surface area contributed by atoms with Crippen molar-refractivity contribution in [3.8, 4) is 6.07 Å². The molecule has 6 nitrogen and oxygen atoms in total. The minimum Gasteiger partial charge on any atom is -0.619 e. The lowest BCUT2D eigenvalue weighted by atomic mass is 10.2. The van der Waals surface area contributed by atoms with E-state index in [1.54, 1.807) is 6.07 Å². The van der Waals surface area contributed by atoms with Crippen LogP contribution in [0.3, 0.4) is 0 Å². The van der Waals surface area contributed by atoms with Gasteiger partial charge in [-0.25, -0.2) is 0 Å². The highest BCUT2D eigenvalue weighted by Gasteiger charge is 2.15. The summed E-state index contributed by atoms with van der Waals surface area (Å²) in [5.74, 6) is 0. The molecule has 0 saturated carbocycles. The second-order valence-electron chi connectivity index (χ2n) is 2.31. The van der Waals surface area contributed by atoms with Crippen LogP contribution >= 0.6 is 0 Å². The highest BCUT2D eigenvalue weighted by Crippen LogP contribution is 2.15. The Labute approximate surface area is 73.4 Å². The van der Waals surface area contributed by atoms with Gasteiger partial charge >= 0.3 is 0 Å². The molecule has 0 radical (unpaired) electrons. The summed E-state index contributed by atoms with van der Waals surface area (Å²) in [5, 5.41) is 29.5. The monoisotopic (exact) mass is 179 g/mol. The normalized spacial score (nSPS) is 9.15. The summed E-state index contributed by atoms with van der Waals surface area (Å²) in [7, 11) is 0. The van der Waals surface area contributed by atoms with Crippen molar-refractivity contribution in [2.45, 2.75) is 6.42 Å². The van der Waals surface area contributed by atoms with Gasteiger partial charge in [-0.15, -0.1) is 0 Å². The minimum atomic E-state index is -0.618. The molecular formula is C7H5N3O3. The van der Waals surface area contributed by atoms with E-state index in [0.29, 0.717) is 4.73 Å². The maximum atomic E-state index is 10.7. The van der Waals surface area contributed by atoms with E-state index in [9.17, 15) is 15.3 Å². The number of hydrogen-bond donors (Lipinski definition) is 0. The van der Waals surface area contributed by atoms with Gasteiger partial charge in [0.15, 0.2) is 12.4 Å². The molecule has 0 aromatic carbocycles. The van der Waals surface area contributed by atoms with Crippen molar-refractivity contribution in [1.82, 2.24) is 0 Å². The SMILES string of the molecule is N#CCc1c[n+]([O-])ccc1[N+](=O)[O-]. The van der Waals surface area contributed by atoms with Crippen molar-refractivity contribution in [2.24, 2.45) is 0 Å². The van der Waals surface area contributed by atoms with E-state index in [4.69, 9.17) is 5.26 Å². The molecule has 0 atom stereocenters. The average molecular weight is 179 g/mol. The van der Waals surface area contributed by atoms with E-state index in [1.807, 2.05) is 0 Å². The second-order valence-corrected chi connectivity index (χ2v) is 2.31. The third-order valence-electron chi connectivity index (χ3n) is 1.46. The number of pyridine rings is 1. The molecule has 0 aliphatic carbocycles. The lowest BCUT2D eigenvalue weighted by Crippen LogP contribution is -2.25. The molecule has 1 rings (SSSR count). The Hall–Kier alpha value is -2.16. The largest absolute Gasteiger partial charge is 0.619 e. The summed E-state index contributed by atoms with van der Waals surface area (Å²) in [5.41, 5.74) is -0.0707. The zero-order valence-corrected chi connectivity index (χ0v) is 6.51. The zero-order chi connectivity index (χ0) is 9.84. The minimum absolute atomic E-state index is 0.130. The molecule has 66 valence electrons. The van der Waals surface area contributed by atoms with Gasteiger partial charge in [0, 0.05) is 0 Å². The Balaban J connectivity index is 3.20. The number of nitriles is 1. The van der Waals surface area contributed by atoms with Crippen molar-refractivity contribution in [1.29, 1.82) is 5.26 Å². The van der Waals surface area contributed by atoms with Crippen LogP contribution in [0.4, 0.5) is 5.69 Å². The zero-order valence-electron chi connectivity index (χ0n) is 6.51. The summed E-state index contributed by atoms with van der Waals surface area (Å²) < 4.78 is 0.430. The Morgan fingerprint density at radius 3 is 2.92 bits per heavy atom. The molecule has 1 aromatic rings. The van der Waals surface area contributed by atoms with Gasteiger partial charge in [-0.2, -0.15) is 9.99 Å². The van der Waals surface area contributed by atoms with Crippen molar-refractivity contribution >= 4 is 5.69 Å². The van der Waals surface area contributed by atoms with Crippen LogP contribution in [0.25, 0.3) is 0 Å². The molecule has 0 saturated heterocycles. The van der Waals surface area contributed by atoms with E-state index in [0.717, 1.165) is 18.5 Å². The molecule has 13 heavy (non-hydrogen) atoms. The Bertz CT molecular complexity index is 383. The number of aromatic nitrogens is 1. The van der Waals surface area contributed by atoms with Gasteiger partial charge in [0.25, 0.3) is 5.69 Å². The number of nitro groups is 1. The molecule has 0 aliphatic heterocycles. The van der Waals surface area contributed by atoms with Gasteiger partial charge in [0.2, 0.25) is 0 Å². The van der Waals surface area contributed by atoms with Crippen molar-refractivity contribution in [3.05, 3.63) is 39.3 Å². The van der Waals surface area contributed by atoms with E-state index < -0.39 is 4.92 Å². The molecule has 0 unspecified atom stereocenters. The van der Waals surface area contributed by atoms with Crippen molar-refractivity contribution in [3.63, 3.8) is 0 Å². The maximum absolute atomic E-state index is 10.7. The standard InChI is InChI=1S/C7H5N3O3/c8-3-1-6-5-9(11)4-2-7(6)10(12)13/h2,4-5H,1H2. The summed E-state index contributed by atoms with van der Waals surface area (Å²) in [4.78, 5) is 9.77. The number of rotatable bonds is 2. The van der Waals surface area contributed by atoms with Gasteiger partial charge < -0.3 is 5.21 Å². The van der Waals surface area contributed by atoms with Crippen LogP contribution in [-0.4, -0.2) is 4.92 Å². The summed E-state index contributed by atoms with van der Waals surface area (Å²) in [6, 6.07) is 2.83. The second kappa shape index (κ2) is 3.49. The highest BCUT2D eigenvalue weighted by molar-refractivity contribution is 5.37. The van der Waals surface area contributed by atoms with E-state index in [1.165, 1.54) is 0 Å². The molecule has 0 bridgehead atoms. The van der Waals surface area contributed by atoms with Crippen LogP contribution in [-0.2, 0) is 6.42 Å². The van der Waals surface area contributed by atoms with E-state index >= 15 is 0 Å². The van der Waals surface area contributed by atoms with Gasteiger partial charge in [0.1, 0.15) is 5.56 Å². The van der Waals surface area contributed by atoms with Crippen molar-refractivity contribution < 1.29 is 9.65 Å². The Morgan fingerprint density at radius 1 is 1.69 bits per heavy atom. The van der Waals surface area contributed by atoms with Crippen LogP contribution in [0.15, 0.2) is 18.5 Å². The van der Waals surface area contributed by atoms with Crippen molar-refractivity contribution in [2.75, 3.05) is 0 Å². The lowest BCUT2D eigenvalue weighted by molar-refractivity contribution is -0.606. The van der Waals surface area contributed by atoms with Gasteiger partial charge in [0.05, 0.1) is 23.5 Å². The third-order valence-corrected chi connectivity index (χ3v) is 1.46. The highest BCUT2D eigenvalue weighted by atomic mass is 16.6. The summed E-state index contributed by atoms with van der Waals surface area (Å²) >= 11 is 0. The summed E-state index contributed by atoms with van der Waals surface area (Å²) in [6.45, 7) is 0. The smallest absolute Gasteiger partial charge is 0.285 e. The summed E-state index contributed by atoms with van der Waals surface area (Å²) in [6.07, 6.45) is 1.92. The van der Waals surface area contributed by atoms with Crippen LogP contribution in [0, 0.1) is 26.7 Å². The fourth-order valence-electron chi connectivity index (χ4n) is 0.913.